The molecule has 0 bridgehead atoms. The van der Waals surface area contributed by atoms with Crippen LogP contribution < -0.4 is 5.73 Å². The van der Waals surface area contributed by atoms with Gasteiger partial charge < -0.3 is 5.73 Å². The van der Waals surface area contributed by atoms with Crippen molar-refractivity contribution in [3.05, 3.63) is 70.8 Å². The molecule has 2 nitrogen and oxygen atoms in total. The van der Waals surface area contributed by atoms with Crippen LogP contribution in [-0.4, -0.2) is 5.91 Å². The molecule has 2 N–H and O–H groups in total. The third-order valence-electron chi connectivity index (χ3n) is 2.59. The molecule has 0 aliphatic rings. The Labute approximate surface area is 106 Å². The summed E-state index contributed by atoms with van der Waals surface area (Å²) in [6, 6.07) is 15.0. The summed E-state index contributed by atoms with van der Waals surface area (Å²) in [5.41, 5.74) is 8.52. The minimum absolute atomic E-state index is 0.455. The van der Waals surface area contributed by atoms with Crippen molar-refractivity contribution in [2.75, 3.05) is 0 Å². The predicted octanol–water partition coefficient (Wildman–Crippen LogP) is 2.49. The Kier molecular flexibility index (Phi) is 3.45. The second kappa shape index (κ2) is 5.20. The molecule has 2 heteroatoms. The van der Waals surface area contributed by atoms with E-state index in [1.165, 1.54) is 5.56 Å². The van der Waals surface area contributed by atoms with Crippen LogP contribution in [-0.2, 0) is 0 Å². The van der Waals surface area contributed by atoms with Gasteiger partial charge in [0.15, 0.2) is 0 Å². The van der Waals surface area contributed by atoms with Crippen molar-refractivity contribution in [2.45, 2.75) is 6.92 Å². The van der Waals surface area contributed by atoms with E-state index >= 15 is 0 Å². The Bertz CT molecular complexity index is 630. The highest BCUT2D eigenvalue weighted by Crippen LogP contribution is 2.07. The first kappa shape index (κ1) is 11.9. The number of nitrogens with two attached hydrogens (primary N) is 1. The molecule has 88 valence electrons. The Hall–Kier alpha value is -2.53. The van der Waals surface area contributed by atoms with E-state index in [4.69, 9.17) is 5.73 Å². The van der Waals surface area contributed by atoms with Gasteiger partial charge in [0, 0.05) is 11.1 Å². The third-order valence-corrected chi connectivity index (χ3v) is 2.59. The van der Waals surface area contributed by atoms with E-state index in [0.29, 0.717) is 11.1 Å². The predicted molar refractivity (Wildman–Crippen MR) is 72.1 cm³/mol. The van der Waals surface area contributed by atoms with Crippen molar-refractivity contribution >= 4 is 5.91 Å². The van der Waals surface area contributed by atoms with Crippen LogP contribution in [0.1, 0.15) is 27.0 Å². The average molecular weight is 235 g/mol. The van der Waals surface area contributed by atoms with Crippen molar-refractivity contribution in [3.8, 4) is 11.8 Å². The maximum Gasteiger partial charge on any atom is 0.249 e. The molecule has 0 unspecified atom stereocenters. The number of rotatable bonds is 1. The lowest BCUT2D eigenvalue weighted by molar-refractivity contribution is 0.1000. The van der Waals surface area contributed by atoms with Crippen LogP contribution in [0.15, 0.2) is 48.5 Å². The number of aryl methyl sites for hydroxylation is 1. The molecule has 1 amide bonds. The summed E-state index contributed by atoms with van der Waals surface area (Å²) < 4.78 is 0. The van der Waals surface area contributed by atoms with Gasteiger partial charge in [-0.15, -0.1) is 0 Å². The lowest BCUT2D eigenvalue weighted by Crippen LogP contribution is -2.12. The van der Waals surface area contributed by atoms with E-state index in [1.807, 2.05) is 37.3 Å². The fraction of sp³-hybridized carbons (Fsp3) is 0.0625. The number of primary amides is 1. The van der Waals surface area contributed by atoms with Gasteiger partial charge in [-0.1, -0.05) is 41.7 Å². The fourth-order valence-corrected chi connectivity index (χ4v) is 1.58. The standard InChI is InChI=1S/C16H13NO/c1-12-6-8-13(9-7-12)10-11-14-4-2-3-5-15(14)16(17)18/h2-9H,1H3,(H2,17,18). The molecule has 2 aromatic carbocycles. The molecular weight excluding hydrogens is 222 g/mol. The zero-order chi connectivity index (χ0) is 13.0. The smallest absolute Gasteiger partial charge is 0.249 e. The van der Waals surface area contributed by atoms with Crippen LogP contribution in [0.4, 0.5) is 0 Å². The Morgan fingerprint density at radius 3 is 2.33 bits per heavy atom. The molecule has 0 aliphatic carbocycles. The SMILES string of the molecule is Cc1ccc(C#Cc2ccccc2C(N)=O)cc1. The molecule has 0 aromatic heterocycles. The third kappa shape index (κ3) is 2.78. The van der Waals surface area contributed by atoms with Crippen LogP contribution in [0.3, 0.4) is 0 Å². The quantitative estimate of drug-likeness (QED) is 0.758. The summed E-state index contributed by atoms with van der Waals surface area (Å²) in [6.07, 6.45) is 0. The molecule has 18 heavy (non-hydrogen) atoms. The molecule has 2 rings (SSSR count). The van der Waals surface area contributed by atoms with E-state index in [0.717, 1.165) is 5.56 Å². The van der Waals surface area contributed by atoms with Gasteiger partial charge in [0.05, 0.1) is 5.56 Å². The number of amides is 1. The molecule has 0 aliphatic heterocycles. The number of hydrogen-bond donors (Lipinski definition) is 1. The molecule has 2 aromatic rings. The summed E-state index contributed by atoms with van der Waals surface area (Å²) in [7, 11) is 0. The van der Waals surface area contributed by atoms with Gasteiger partial charge in [-0.3, -0.25) is 4.79 Å². The topological polar surface area (TPSA) is 43.1 Å². The van der Waals surface area contributed by atoms with Crippen molar-refractivity contribution in [3.63, 3.8) is 0 Å². The summed E-state index contributed by atoms with van der Waals surface area (Å²) in [5.74, 6) is 5.55. The van der Waals surface area contributed by atoms with E-state index in [-0.39, 0.29) is 0 Å². The molecule has 0 saturated heterocycles. The molecule has 0 fully saturated rings. The summed E-state index contributed by atoms with van der Waals surface area (Å²) in [4.78, 5) is 11.2. The summed E-state index contributed by atoms with van der Waals surface area (Å²) >= 11 is 0. The highest BCUT2D eigenvalue weighted by molar-refractivity contribution is 5.95. The van der Waals surface area contributed by atoms with Crippen LogP contribution in [0, 0.1) is 18.8 Å². The van der Waals surface area contributed by atoms with Gasteiger partial charge in [-0.05, 0) is 31.2 Å². The highest BCUT2D eigenvalue weighted by Gasteiger charge is 2.03. The molecule has 0 heterocycles. The van der Waals surface area contributed by atoms with Crippen LogP contribution in [0.25, 0.3) is 0 Å². The molecule has 0 spiro atoms. The number of carbonyl (C=O) groups excluding carboxylic acids is 1. The zero-order valence-corrected chi connectivity index (χ0v) is 10.1. The average Bonchev–Trinajstić information content (AvgIpc) is 2.38. The van der Waals surface area contributed by atoms with Crippen LogP contribution >= 0.6 is 0 Å². The first-order valence-electron chi connectivity index (χ1n) is 5.64. The van der Waals surface area contributed by atoms with E-state index in [1.54, 1.807) is 18.2 Å². The van der Waals surface area contributed by atoms with Gasteiger partial charge in [-0.2, -0.15) is 0 Å². The van der Waals surface area contributed by atoms with E-state index < -0.39 is 5.91 Å². The second-order valence-corrected chi connectivity index (χ2v) is 4.03. The van der Waals surface area contributed by atoms with Crippen LogP contribution in [0.5, 0.6) is 0 Å². The van der Waals surface area contributed by atoms with Gasteiger partial charge >= 0.3 is 0 Å². The van der Waals surface area contributed by atoms with Crippen molar-refractivity contribution in [1.29, 1.82) is 0 Å². The first-order chi connectivity index (χ1) is 8.66. The number of hydrogen-bond acceptors (Lipinski definition) is 1. The van der Waals surface area contributed by atoms with Crippen molar-refractivity contribution in [2.24, 2.45) is 5.73 Å². The Balaban J connectivity index is 2.35. The van der Waals surface area contributed by atoms with E-state index in [2.05, 4.69) is 11.8 Å². The van der Waals surface area contributed by atoms with Crippen LogP contribution in [0.2, 0.25) is 0 Å². The van der Waals surface area contributed by atoms with Crippen molar-refractivity contribution < 1.29 is 4.79 Å². The first-order valence-corrected chi connectivity index (χ1v) is 5.64. The molecular formula is C16H13NO. The fourth-order valence-electron chi connectivity index (χ4n) is 1.58. The maximum absolute atomic E-state index is 11.2. The van der Waals surface area contributed by atoms with Gasteiger partial charge in [0.25, 0.3) is 0 Å². The lowest BCUT2D eigenvalue weighted by atomic mass is 10.1. The van der Waals surface area contributed by atoms with Gasteiger partial charge in [0.2, 0.25) is 5.91 Å². The largest absolute Gasteiger partial charge is 0.366 e. The lowest BCUT2D eigenvalue weighted by Gasteiger charge is -1.98. The number of benzene rings is 2. The second-order valence-electron chi connectivity index (χ2n) is 4.03. The Morgan fingerprint density at radius 2 is 1.67 bits per heavy atom. The van der Waals surface area contributed by atoms with Crippen molar-refractivity contribution in [1.82, 2.24) is 0 Å². The van der Waals surface area contributed by atoms with E-state index in [9.17, 15) is 4.79 Å². The monoisotopic (exact) mass is 235 g/mol. The Morgan fingerprint density at radius 1 is 1.00 bits per heavy atom. The zero-order valence-electron chi connectivity index (χ0n) is 10.1. The molecule has 0 atom stereocenters. The van der Waals surface area contributed by atoms with Gasteiger partial charge in [-0.25, -0.2) is 0 Å². The minimum Gasteiger partial charge on any atom is -0.366 e. The summed E-state index contributed by atoms with van der Waals surface area (Å²) in [6.45, 7) is 2.03. The minimum atomic E-state index is -0.455. The highest BCUT2D eigenvalue weighted by atomic mass is 16.1. The normalized spacial score (nSPS) is 9.39. The molecule has 0 radical (unpaired) electrons. The maximum atomic E-state index is 11.2. The summed E-state index contributed by atoms with van der Waals surface area (Å²) in [5, 5.41) is 0. The number of carbonyl (C=O) groups is 1. The van der Waals surface area contributed by atoms with Gasteiger partial charge in [0.1, 0.15) is 0 Å². The molecule has 0 saturated carbocycles.